The number of nitrogens with one attached hydrogen (secondary N) is 3. The van der Waals surface area contributed by atoms with E-state index in [2.05, 4.69) is 38.8 Å². The third-order valence-electron chi connectivity index (χ3n) is 5.90. The van der Waals surface area contributed by atoms with Crippen LogP contribution in [0.15, 0.2) is 24.3 Å². The van der Waals surface area contributed by atoms with E-state index in [9.17, 15) is 4.79 Å². The summed E-state index contributed by atoms with van der Waals surface area (Å²) >= 11 is 0. The highest BCUT2D eigenvalue weighted by molar-refractivity contribution is 6.04. The molecule has 4 rings (SSSR count). The summed E-state index contributed by atoms with van der Waals surface area (Å²) < 4.78 is 0. The van der Waals surface area contributed by atoms with Crippen molar-refractivity contribution in [3.8, 4) is 0 Å². The van der Waals surface area contributed by atoms with Crippen molar-refractivity contribution in [3.63, 3.8) is 0 Å². The summed E-state index contributed by atoms with van der Waals surface area (Å²) in [4.78, 5) is 15.3. The average molecular weight is 367 g/mol. The van der Waals surface area contributed by atoms with Gasteiger partial charge in [-0.05, 0) is 31.5 Å². The topological polar surface area (TPSA) is 73.0 Å². The highest BCUT2D eigenvalue weighted by atomic mass is 16.2. The van der Waals surface area contributed by atoms with Crippen molar-refractivity contribution in [3.05, 3.63) is 46.8 Å². The van der Waals surface area contributed by atoms with Gasteiger partial charge in [0.1, 0.15) is 0 Å². The number of hydrogen-bond donors (Lipinski definition) is 3. The van der Waals surface area contributed by atoms with Crippen molar-refractivity contribution in [1.82, 2.24) is 20.4 Å². The molecule has 1 aromatic carbocycles. The standard InChI is InChI=1S/C21H29N5O/c1-26(16-8-3-2-4-9-16)14-15-7-5-6-10-18(15)23-21(27)20-17-13-22-12-11-19(17)24-25-20/h5-7,10,16,22H,2-4,8-9,11-14H2,1H3,(H,23,27)(H,24,25). The molecule has 3 N–H and O–H groups in total. The van der Waals surface area contributed by atoms with E-state index >= 15 is 0 Å². The summed E-state index contributed by atoms with van der Waals surface area (Å²) in [5.41, 5.74) is 4.61. The summed E-state index contributed by atoms with van der Waals surface area (Å²) in [5, 5.41) is 13.7. The highest BCUT2D eigenvalue weighted by Crippen LogP contribution is 2.25. The van der Waals surface area contributed by atoms with Gasteiger partial charge < -0.3 is 10.6 Å². The van der Waals surface area contributed by atoms with Crippen LogP contribution in [0.2, 0.25) is 0 Å². The molecule has 27 heavy (non-hydrogen) atoms. The molecule has 1 saturated carbocycles. The normalized spacial score (nSPS) is 17.7. The van der Waals surface area contributed by atoms with Crippen molar-refractivity contribution in [2.45, 2.75) is 57.7 Å². The van der Waals surface area contributed by atoms with E-state index in [-0.39, 0.29) is 5.91 Å². The van der Waals surface area contributed by atoms with Gasteiger partial charge in [0.05, 0.1) is 0 Å². The molecule has 2 aliphatic rings. The first-order chi connectivity index (χ1) is 13.2. The summed E-state index contributed by atoms with van der Waals surface area (Å²) in [7, 11) is 2.20. The maximum atomic E-state index is 12.9. The number of carbonyl (C=O) groups excluding carboxylic acids is 1. The molecule has 1 fully saturated rings. The second-order valence-corrected chi connectivity index (χ2v) is 7.77. The Morgan fingerprint density at radius 2 is 2.07 bits per heavy atom. The number of aromatic amines is 1. The molecule has 1 aliphatic heterocycles. The number of nitrogens with zero attached hydrogens (tertiary/aromatic N) is 2. The van der Waals surface area contributed by atoms with Crippen molar-refractivity contribution in [2.75, 3.05) is 18.9 Å². The Morgan fingerprint density at radius 1 is 1.26 bits per heavy atom. The maximum Gasteiger partial charge on any atom is 0.276 e. The molecule has 144 valence electrons. The SMILES string of the molecule is CN(Cc1ccccc1NC(=O)c1n[nH]c2c1CNCC2)C1CCCCC1. The monoisotopic (exact) mass is 367 g/mol. The highest BCUT2D eigenvalue weighted by Gasteiger charge is 2.23. The van der Waals surface area contributed by atoms with Gasteiger partial charge in [-0.2, -0.15) is 5.10 Å². The number of aromatic nitrogens is 2. The van der Waals surface area contributed by atoms with Crippen molar-refractivity contribution < 1.29 is 4.79 Å². The minimum Gasteiger partial charge on any atom is -0.320 e. The molecular formula is C21H29N5O. The van der Waals surface area contributed by atoms with Gasteiger partial charge in [-0.1, -0.05) is 37.5 Å². The van der Waals surface area contributed by atoms with E-state index in [1.807, 2.05) is 18.2 Å². The van der Waals surface area contributed by atoms with E-state index in [4.69, 9.17) is 0 Å². The zero-order valence-electron chi connectivity index (χ0n) is 16.1. The Morgan fingerprint density at radius 3 is 2.93 bits per heavy atom. The minimum atomic E-state index is -0.135. The Hall–Kier alpha value is -2.18. The molecule has 0 spiro atoms. The second kappa shape index (κ2) is 8.23. The molecule has 0 bridgehead atoms. The van der Waals surface area contributed by atoms with Crippen LogP contribution in [0.3, 0.4) is 0 Å². The first-order valence-corrected chi connectivity index (χ1v) is 10.1. The fraction of sp³-hybridized carbons (Fsp3) is 0.524. The van der Waals surface area contributed by atoms with E-state index in [1.54, 1.807) is 0 Å². The zero-order valence-corrected chi connectivity index (χ0v) is 16.1. The lowest BCUT2D eigenvalue weighted by Gasteiger charge is -2.31. The number of rotatable bonds is 5. The molecule has 0 atom stereocenters. The van der Waals surface area contributed by atoms with Gasteiger partial charge in [-0.15, -0.1) is 0 Å². The summed E-state index contributed by atoms with van der Waals surface area (Å²) in [6, 6.07) is 8.75. The summed E-state index contributed by atoms with van der Waals surface area (Å²) in [6.45, 7) is 2.47. The molecule has 2 aromatic rings. The lowest BCUT2D eigenvalue weighted by atomic mass is 9.94. The van der Waals surface area contributed by atoms with Crippen LogP contribution in [-0.4, -0.2) is 40.6 Å². The van der Waals surface area contributed by atoms with Crippen molar-refractivity contribution in [2.24, 2.45) is 0 Å². The third-order valence-corrected chi connectivity index (χ3v) is 5.90. The third kappa shape index (κ3) is 4.06. The molecule has 1 amide bonds. The quantitative estimate of drug-likeness (QED) is 0.759. The average Bonchev–Trinajstić information content (AvgIpc) is 3.14. The number of para-hydroxylation sites is 1. The van der Waals surface area contributed by atoms with Gasteiger partial charge in [0.2, 0.25) is 0 Å². The van der Waals surface area contributed by atoms with Crippen LogP contribution >= 0.6 is 0 Å². The van der Waals surface area contributed by atoms with Crippen LogP contribution < -0.4 is 10.6 Å². The van der Waals surface area contributed by atoms with E-state index in [1.165, 1.54) is 32.1 Å². The van der Waals surface area contributed by atoms with Gasteiger partial charge in [0, 0.05) is 49.0 Å². The van der Waals surface area contributed by atoms with Crippen LogP contribution in [0.25, 0.3) is 0 Å². The largest absolute Gasteiger partial charge is 0.320 e. The smallest absolute Gasteiger partial charge is 0.276 e. The Labute approximate surface area is 160 Å². The van der Waals surface area contributed by atoms with Crippen molar-refractivity contribution in [1.29, 1.82) is 0 Å². The maximum absolute atomic E-state index is 12.9. The molecular weight excluding hydrogens is 338 g/mol. The summed E-state index contributed by atoms with van der Waals surface area (Å²) in [6.07, 6.45) is 7.45. The molecule has 0 radical (unpaired) electrons. The first-order valence-electron chi connectivity index (χ1n) is 10.1. The molecule has 0 unspecified atom stereocenters. The minimum absolute atomic E-state index is 0.135. The number of anilines is 1. The number of carbonyl (C=O) groups is 1. The number of hydrogen-bond acceptors (Lipinski definition) is 4. The number of H-pyrrole nitrogens is 1. The van der Waals surface area contributed by atoms with Crippen LogP contribution in [0.4, 0.5) is 5.69 Å². The number of benzene rings is 1. The Balaban J connectivity index is 1.47. The van der Waals surface area contributed by atoms with Gasteiger partial charge in [-0.25, -0.2) is 0 Å². The molecule has 6 nitrogen and oxygen atoms in total. The van der Waals surface area contributed by atoms with E-state index < -0.39 is 0 Å². The lowest BCUT2D eigenvalue weighted by Crippen LogP contribution is -2.33. The Kier molecular flexibility index (Phi) is 5.55. The molecule has 0 saturated heterocycles. The van der Waals surface area contributed by atoms with Crippen LogP contribution in [0, 0.1) is 0 Å². The van der Waals surface area contributed by atoms with Crippen LogP contribution in [0.5, 0.6) is 0 Å². The second-order valence-electron chi connectivity index (χ2n) is 7.77. The fourth-order valence-electron chi connectivity index (χ4n) is 4.29. The zero-order chi connectivity index (χ0) is 18.6. The predicted octanol–water partition coefficient (Wildman–Crippen LogP) is 3.07. The predicted molar refractivity (Wildman–Crippen MR) is 107 cm³/mol. The first kappa shape index (κ1) is 18.2. The molecule has 2 heterocycles. The Bertz CT molecular complexity index is 794. The van der Waals surface area contributed by atoms with Crippen LogP contribution in [-0.2, 0) is 19.5 Å². The fourth-order valence-corrected chi connectivity index (χ4v) is 4.29. The summed E-state index contributed by atoms with van der Waals surface area (Å²) in [5.74, 6) is -0.135. The van der Waals surface area contributed by atoms with Gasteiger partial charge in [0.15, 0.2) is 5.69 Å². The lowest BCUT2D eigenvalue weighted by molar-refractivity contribution is 0.102. The molecule has 6 heteroatoms. The van der Waals surface area contributed by atoms with Crippen LogP contribution in [0.1, 0.15) is 59.4 Å². The number of fused-ring (bicyclic) bond motifs is 1. The van der Waals surface area contributed by atoms with E-state index in [0.717, 1.165) is 42.0 Å². The molecule has 1 aliphatic carbocycles. The molecule has 1 aromatic heterocycles. The number of amides is 1. The van der Waals surface area contributed by atoms with Gasteiger partial charge in [0.25, 0.3) is 5.91 Å². The van der Waals surface area contributed by atoms with E-state index in [0.29, 0.717) is 18.3 Å². The van der Waals surface area contributed by atoms with Gasteiger partial charge >= 0.3 is 0 Å². The van der Waals surface area contributed by atoms with Gasteiger partial charge in [-0.3, -0.25) is 14.8 Å². The van der Waals surface area contributed by atoms with Crippen molar-refractivity contribution >= 4 is 11.6 Å².